The molecule has 1 fully saturated rings. The van der Waals surface area contributed by atoms with Crippen LogP contribution in [0.2, 0.25) is 0 Å². The molecule has 0 unspecified atom stereocenters. The van der Waals surface area contributed by atoms with Crippen molar-refractivity contribution in [1.29, 1.82) is 0 Å². The molecule has 0 radical (unpaired) electrons. The molecule has 1 heterocycles. The lowest BCUT2D eigenvalue weighted by Gasteiger charge is -2.22. The monoisotopic (exact) mass is 107 g/mol. The third kappa shape index (κ3) is 1.15. The highest BCUT2D eigenvalue weighted by Gasteiger charge is 2.07. The summed E-state index contributed by atoms with van der Waals surface area (Å²) in [5, 5.41) is 3.21. The first-order valence-electron chi connectivity index (χ1n) is 2.13. The van der Waals surface area contributed by atoms with E-state index in [1.165, 1.54) is 13.0 Å². The normalized spacial score (nSPS) is 30.5. The SMILES string of the molecule is C[C@H]1CCN1.Cl. The van der Waals surface area contributed by atoms with Crippen LogP contribution in [0.1, 0.15) is 13.3 Å². The zero-order chi connectivity index (χ0) is 3.70. The second kappa shape index (κ2) is 2.43. The molecule has 1 nitrogen and oxygen atoms in total. The van der Waals surface area contributed by atoms with E-state index in [2.05, 4.69) is 12.2 Å². The summed E-state index contributed by atoms with van der Waals surface area (Å²) in [6, 6.07) is 0.815. The highest BCUT2D eigenvalue weighted by atomic mass is 35.5. The van der Waals surface area contributed by atoms with Gasteiger partial charge < -0.3 is 5.32 Å². The van der Waals surface area contributed by atoms with E-state index in [1.54, 1.807) is 0 Å². The number of hydrogen-bond acceptors (Lipinski definition) is 1. The molecule has 38 valence electrons. The van der Waals surface area contributed by atoms with Crippen molar-refractivity contribution in [3.63, 3.8) is 0 Å². The first kappa shape index (κ1) is 6.25. The lowest BCUT2D eigenvalue weighted by molar-refractivity contribution is 0.399. The lowest BCUT2D eigenvalue weighted by Crippen LogP contribution is -2.39. The minimum atomic E-state index is 0. The first-order valence-corrected chi connectivity index (χ1v) is 2.13. The fraction of sp³-hybridized carbons (Fsp3) is 1.00. The molecule has 1 aliphatic rings. The number of rotatable bonds is 0. The molecular formula is C4H10ClN. The maximum Gasteiger partial charge on any atom is 0.00508 e. The van der Waals surface area contributed by atoms with Crippen LogP contribution in [-0.2, 0) is 0 Å². The van der Waals surface area contributed by atoms with E-state index in [4.69, 9.17) is 0 Å². The van der Waals surface area contributed by atoms with Gasteiger partial charge in [-0.05, 0) is 19.9 Å². The van der Waals surface area contributed by atoms with Gasteiger partial charge in [0.1, 0.15) is 0 Å². The molecule has 0 aromatic rings. The quantitative estimate of drug-likeness (QED) is 0.483. The predicted molar refractivity (Wildman–Crippen MR) is 29.3 cm³/mol. The van der Waals surface area contributed by atoms with E-state index in [1.807, 2.05) is 0 Å². The smallest absolute Gasteiger partial charge is 0.00508 e. The van der Waals surface area contributed by atoms with E-state index in [9.17, 15) is 0 Å². The molecular weight excluding hydrogens is 97.5 g/mol. The Balaban J connectivity index is 0.000000250. The molecule has 0 spiro atoms. The van der Waals surface area contributed by atoms with Gasteiger partial charge in [-0.15, -0.1) is 12.4 Å². The summed E-state index contributed by atoms with van der Waals surface area (Å²) in [6.07, 6.45) is 1.38. The molecule has 0 saturated carbocycles. The minimum absolute atomic E-state index is 0. The van der Waals surface area contributed by atoms with Crippen LogP contribution < -0.4 is 5.32 Å². The van der Waals surface area contributed by atoms with Crippen LogP contribution in [0.3, 0.4) is 0 Å². The first-order chi connectivity index (χ1) is 2.39. The molecule has 0 bridgehead atoms. The average Bonchev–Trinajstić information content (AvgIpc) is 1.30. The Labute approximate surface area is 44.5 Å². The van der Waals surface area contributed by atoms with E-state index in [-0.39, 0.29) is 12.4 Å². The van der Waals surface area contributed by atoms with Crippen molar-refractivity contribution in [1.82, 2.24) is 5.32 Å². The third-order valence-electron chi connectivity index (χ3n) is 1.07. The Morgan fingerprint density at radius 3 is 2.00 bits per heavy atom. The Bertz CT molecular complexity index is 34.5. The second-order valence-corrected chi connectivity index (χ2v) is 1.64. The van der Waals surface area contributed by atoms with Gasteiger partial charge in [-0.3, -0.25) is 0 Å². The summed E-state index contributed by atoms with van der Waals surface area (Å²) in [5.74, 6) is 0. The van der Waals surface area contributed by atoms with Crippen LogP contribution in [0.25, 0.3) is 0 Å². The number of hydrogen-bond donors (Lipinski definition) is 1. The van der Waals surface area contributed by atoms with Crippen molar-refractivity contribution in [2.75, 3.05) is 6.54 Å². The summed E-state index contributed by atoms with van der Waals surface area (Å²) < 4.78 is 0. The van der Waals surface area contributed by atoms with Gasteiger partial charge in [0.2, 0.25) is 0 Å². The van der Waals surface area contributed by atoms with Gasteiger partial charge in [0.05, 0.1) is 0 Å². The maximum absolute atomic E-state index is 3.21. The lowest BCUT2D eigenvalue weighted by atomic mass is 10.1. The van der Waals surface area contributed by atoms with Crippen molar-refractivity contribution in [3.05, 3.63) is 0 Å². The summed E-state index contributed by atoms with van der Waals surface area (Å²) >= 11 is 0. The molecule has 0 aliphatic carbocycles. The molecule has 1 atom stereocenters. The van der Waals surface area contributed by atoms with Crippen LogP contribution in [-0.4, -0.2) is 12.6 Å². The maximum atomic E-state index is 3.21. The Hall–Kier alpha value is 0.250. The van der Waals surface area contributed by atoms with Crippen LogP contribution in [0.15, 0.2) is 0 Å². The van der Waals surface area contributed by atoms with E-state index < -0.39 is 0 Å². The van der Waals surface area contributed by atoms with Gasteiger partial charge >= 0.3 is 0 Å². The van der Waals surface area contributed by atoms with Crippen LogP contribution in [0, 0.1) is 0 Å². The Morgan fingerprint density at radius 1 is 1.67 bits per heavy atom. The van der Waals surface area contributed by atoms with Crippen molar-refractivity contribution < 1.29 is 0 Å². The summed E-state index contributed by atoms with van der Waals surface area (Å²) in [4.78, 5) is 0. The van der Waals surface area contributed by atoms with Gasteiger partial charge in [-0.25, -0.2) is 0 Å². The molecule has 1 saturated heterocycles. The molecule has 0 aromatic carbocycles. The fourth-order valence-electron chi connectivity index (χ4n) is 0.433. The van der Waals surface area contributed by atoms with E-state index >= 15 is 0 Å². The predicted octanol–water partition coefficient (Wildman–Crippen LogP) is 0.790. The molecule has 0 amide bonds. The van der Waals surface area contributed by atoms with Crippen LogP contribution in [0.5, 0.6) is 0 Å². The van der Waals surface area contributed by atoms with Gasteiger partial charge in [0.25, 0.3) is 0 Å². The zero-order valence-electron chi connectivity index (χ0n) is 3.90. The molecule has 6 heavy (non-hydrogen) atoms. The highest BCUT2D eigenvalue weighted by molar-refractivity contribution is 5.85. The van der Waals surface area contributed by atoms with Gasteiger partial charge in [0, 0.05) is 6.04 Å². The van der Waals surface area contributed by atoms with Crippen molar-refractivity contribution >= 4 is 12.4 Å². The highest BCUT2D eigenvalue weighted by Crippen LogP contribution is 1.96. The van der Waals surface area contributed by atoms with Gasteiger partial charge in [0.15, 0.2) is 0 Å². The molecule has 0 aromatic heterocycles. The van der Waals surface area contributed by atoms with Crippen molar-refractivity contribution in [3.8, 4) is 0 Å². The summed E-state index contributed by atoms with van der Waals surface area (Å²) in [7, 11) is 0. The van der Waals surface area contributed by atoms with Crippen molar-refractivity contribution in [2.24, 2.45) is 0 Å². The second-order valence-electron chi connectivity index (χ2n) is 1.64. The minimum Gasteiger partial charge on any atom is -0.314 e. The van der Waals surface area contributed by atoms with Gasteiger partial charge in [-0.1, -0.05) is 0 Å². The average molecular weight is 108 g/mol. The van der Waals surface area contributed by atoms with Crippen LogP contribution in [0.4, 0.5) is 0 Å². The summed E-state index contributed by atoms with van der Waals surface area (Å²) in [6.45, 7) is 3.44. The van der Waals surface area contributed by atoms with Gasteiger partial charge in [-0.2, -0.15) is 0 Å². The fourth-order valence-corrected chi connectivity index (χ4v) is 0.433. The van der Waals surface area contributed by atoms with Crippen molar-refractivity contribution in [2.45, 2.75) is 19.4 Å². The largest absolute Gasteiger partial charge is 0.314 e. The number of halogens is 1. The molecule has 1 rings (SSSR count). The summed E-state index contributed by atoms with van der Waals surface area (Å²) in [5.41, 5.74) is 0. The standard InChI is InChI=1S/C4H9N.ClH/c1-4-2-3-5-4;/h4-5H,2-3H2,1H3;1H/t4-;/m0./s1. The topological polar surface area (TPSA) is 12.0 Å². The van der Waals surface area contributed by atoms with E-state index in [0.29, 0.717) is 0 Å². The Kier molecular flexibility index (Phi) is 2.53. The zero-order valence-corrected chi connectivity index (χ0v) is 4.72. The third-order valence-corrected chi connectivity index (χ3v) is 1.07. The molecule has 2 heteroatoms. The molecule has 1 aliphatic heterocycles. The number of nitrogens with one attached hydrogen (secondary N) is 1. The van der Waals surface area contributed by atoms with Crippen LogP contribution >= 0.6 is 12.4 Å². The van der Waals surface area contributed by atoms with E-state index in [0.717, 1.165) is 6.04 Å². The Morgan fingerprint density at radius 2 is 2.00 bits per heavy atom. The molecule has 1 N–H and O–H groups in total.